The maximum Gasteiger partial charge on any atom is 0.311 e. The van der Waals surface area contributed by atoms with Crippen LogP contribution in [0, 0.1) is 5.41 Å². The topological polar surface area (TPSA) is 126 Å². The van der Waals surface area contributed by atoms with Crippen molar-refractivity contribution in [1.82, 2.24) is 0 Å². The van der Waals surface area contributed by atoms with Crippen molar-refractivity contribution in [2.75, 3.05) is 19.8 Å². The number of aliphatic hydroxyl groups excluding tert-OH is 4. The molecule has 130 valence electrons. The van der Waals surface area contributed by atoms with Gasteiger partial charge >= 0.3 is 5.97 Å². The highest BCUT2D eigenvalue weighted by Gasteiger charge is 2.44. The number of carbonyl (C=O) groups excluding carboxylic acids is 1. The van der Waals surface area contributed by atoms with E-state index in [-0.39, 0.29) is 19.2 Å². The van der Waals surface area contributed by atoms with Gasteiger partial charge in [0.05, 0.1) is 18.6 Å². The molecule has 1 heterocycles. The Labute approximate surface area is 129 Å². The predicted octanol–water partition coefficient (Wildman–Crippen LogP) is -1.22. The second kappa shape index (κ2) is 8.19. The summed E-state index contributed by atoms with van der Waals surface area (Å²) in [4.78, 5) is 11.7. The Bertz CT molecular complexity index is 357. The van der Waals surface area contributed by atoms with Crippen molar-refractivity contribution in [2.24, 2.45) is 5.41 Å². The molecule has 3 unspecified atom stereocenters. The lowest BCUT2D eigenvalue weighted by Gasteiger charge is -2.39. The summed E-state index contributed by atoms with van der Waals surface area (Å²) in [5, 5.41) is 38.0. The summed E-state index contributed by atoms with van der Waals surface area (Å²) < 4.78 is 15.4. The van der Waals surface area contributed by atoms with E-state index in [0.717, 1.165) is 0 Å². The van der Waals surface area contributed by atoms with Crippen LogP contribution in [-0.4, -0.2) is 76.9 Å². The molecule has 0 aromatic rings. The highest BCUT2D eigenvalue weighted by molar-refractivity contribution is 5.75. The van der Waals surface area contributed by atoms with Crippen LogP contribution in [0.2, 0.25) is 0 Å². The molecule has 1 aliphatic rings. The van der Waals surface area contributed by atoms with Crippen molar-refractivity contribution in [3.63, 3.8) is 0 Å². The van der Waals surface area contributed by atoms with E-state index in [1.807, 2.05) is 6.92 Å². The van der Waals surface area contributed by atoms with Crippen molar-refractivity contribution in [2.45, 2.75) is 57.9 Å². The fourth-order valence-corrected chi connectivity index (χ4v) is 1.84. The van der Waals surface area contributed by atoms with Crippen molar-refractivity contribution in [3.05, 3.63) is 0 Å². The van der Waals surface area contributed by atoms with E-state index in [1.165, 1.54) is 0 Å². The summed E-state index contributed by atoms with van der Waals surface area (Å²) in [5.41, 5.74) is -0.580. The first-order valence-corrected chi connectivity index (χ1v) is 7.34. The van der Waals surface area contributed by atoms with Gasteiger partial charge in [0.25, 0.3) is 0 Å². The van der Waals surface area contributed by atoms with Crippen LogP contribution in [0.4, 0.5) is 0 Å². The van der Waals surface area contributed by atoms with E-state index >= 15 is 0 Å². The van der Waals surface area contributed by atoms with E-state index in [9.17, 15) is 20.1 Å². The van der Waals surface area contributed by atoms with Gasteiger partial charge in [-0.2, -0.15) is 0 Å². The molecule has 1 fully saturated rings. The van der Waals surface area contributed by atoms with Gasteiger partial charge in [-0.1, -0.05) is 6.92 Å². The van der Waals surface area contributed by atoms with Crippen LogP contribution < -0.4 is 0 Å². The van der Waals surface area contributed by atoms with Crippen molar-refractivity contribution < 1.29 is 39.4 Å². The SMILES string of the molecule is CCC(C)(C)C(=O)OCCOC1OC(CO)[C@H](O)C(O)[C@H]1O. The number of hydrogen-bond acceptors (Lipinski definition) is 8. The summed E-state index contributed by atoms with van der Waals surface area (Å²) in [7, 11) is 0. The molecule has 0 bridgehead atoms. The number of ether oxygens (including phenoxy) is 3. The number of aliphatic hydroxyl groups is 4. The Kier molecular flexibility index (Phi) is 7.17. The minimum Gasteiger partial charge on any atom is -0.463 e. The quantitative estimate of drug-likeness (QED) is 0.339. The maximum absolute atomic E-state index is 11.7. The Morgan fingerprint density at radius 3 is 2.32 bits per heavy atom. The van der Waals surface area contributed by atoms with Crippen molar-refractivity contribution >= 4 is 5.97 Å². The maximum atomic E-state index is 11.7. The fourth-order valence-electron chi connectivity index (χ4n) is 1.84. The smallest absolute Gasteiger partial charge is 0.311 e. The molecule has 0 aromatic heterocycles. The molecular weight excluding hydrogens is 296 g/mol. The van der Waals surface area contributed by atoms with Crippen LogP contribution in [0.3, 0.4) is 0 Å². The zero-order chi connectivity index (χ0) is 16.9. The summed E-state index contributed by atoms with van der Waals surface area (Å²) in [6.07, 6.45) is -5.97. The van der Waals surface area contributed by atoms with Gasteiger partial charge in [-0.15, -0.1) is 0 Å². The fraction of sp³-hybridized carbons (Fsp3) is 0.929. The Hall–Kier alpha value is -0.770. The van der Waals surface area contributed by atoms with Crippen molar-refractivity contribution in [3.8, 4) is 0 Å². The first-order chi connectivity index (χ1) is 10.2. The summed E-state index contributed by atoms with van der Waals surface area (Å²) >= 11 is 0. The van der Waals surface area contributed by atoms with Crippen LogP contribution in [0.1, 0.15) is 27.2 Å². The molecule has 22 heavy (non-hydrogen) atoms. The molecule has 1 aliphatic heterocycles. The average molecular weight is 322 g/mol. The molecule has 5 atom stereocenters. The van der Waals surface area contributed by atoms with E-state index in [0.29, 0.717) is 6.42 Å². The van der Waals surface area contributed by atoms with Crippen LogP contribution in [0.5, 0.6) is 0 Å². The minimum atomic E-state index is -1.49. The molecule has 1 rings (SSSR count). The third-order valence-corrected chi connectivity index (χ3v) is 3.88. The number of carbonyl (C=O) groups is 1. The lowest BCUT2D eigenvalue weighted by Crippen LogP contribution is -2.59. The predicted molar refractivity (Wildman–Crippen MR) is 74.8 cm³/mol. The molecule has 1 saturated heterocycles. The van der Waals surface area contributed by atoms with Gasteiger partial charge in [-0.3, -0.25) is 4.79 Å². The van der Waals surface area contributed by atoms with Gasteiger partial charge in [0, 0.05) is 0 Å². The third kappa shape index (κ3) is 4.61. The Morgan fingerprint density at radius 2 is 1.77 bits per heavy atom. The molecule has 0 saturated carbocycles. The largest absolute Gasteiger partial charge is 0.463 e. The second-order valence-electron chi connectivity index (χ2n) is 5.94. The summed E-state index contributed by atoms with van der Waals surface area (Å²) in [6.45, 7) is 4.82. The normalized spacial score (nSPS) is 32.8. The van der Waals surface area contributed by atoms with Gasteiger partial charge in [0.1, 0.15) is 31.0 Å². The van der Waals surface area contributed by atoms with E-state index < -0.39 is 42.7 Å². The zero-order valence-corrected chi connectivity index (χ0v) is 13.1. The van der Waals surface area contributed by atoms with Gasteiger partial charge in [0.2, 0.25) is 0 Å². The van der Waals surface area contributed by atoms with E-state index in [1.54, 1.807) is 13.8 Å². The molecule has 0 aliphatic carbocycles. The third-order valence-electron chi connectivity index (χ3n) is 3.88. The standard InChI is InChI=1S/C14H26O8/c1-4-14(2,3)13(19)21-6-5-20-12-11(18)10(17)9(16)8(7-15)22-12/h8-12,15-18H,4-7H2,1-3H3/t8?,9-,10?,11+,12?/m0/s1. The Morgan fingerprint density at radius 1 is 1.14 bits per heavy atom. The second-order valence-corrected chi connectivity index (χ2v) is 5.94. The molecule has 4 N–H and O–H groups in total. The van der Waals surface area contributed by atoms with Crippen LogP contribution in [-0.2, 0) is 19.0 Å². The monoisotopic (exact) mass is 322 g/mol. The van der Waals surface area contributed by atoms with Gasteiger partial charge in [-0.05, 0) is 20.3 Å². The highest BCUT2D eigenvalue weighted by atomic mass is 16.7. The molecular formula is C14H26O8. The molecule has 0 amide bonds. The van der Waals surface area contributed by atoms with Crippen molar-refractivity contribution in [1.29, 1.82) is 0 Å². The Balaban J connectivity index is 2.39. The van der Waals surface area contributed by atoms with Crippen LogP contribution in [0.25, 0.3) is 0 Å². The zero-order valence-electron chi connectivity index (χ0n) is 13.1. The van der Waals surface area contributed by atoms with Gasteiger partial charge < -0.3 is 34.6 Å². The van der Waals surface area contributed by atoms with E-state index in [2.05, 4.69) is 0 Å². The lowest BCUT2D eigenvalue weighted by atomic mass is 9.91. The summed E-state index contributed by atoms with van der Waals surface area (Å²) in [6, 6.07) is 0. The average Bonchev–Trinajstić information content (AvgIpc) is 2.50. The first kappa shape index (κ1) is 19.3. The number of rotatable bonds is 7. The van der Waals surface area contributed by atoms with Crippen LogP contribution >= 0.6 is 0 Å². The summed E-state index contributed by atoms with van der Waals surface area (Å²) in [5.74, 6) is -0.354. The van der Waals surface area contributed by atoms with E-state index in [4.69, 9.17) is 19.3 Å². The number of esters is 1. The molecule has 8 nitrogen and oxygen atoms in total. The highest BCUT2D eigenvalue weighted by Crippen LogP contribution is 2.23. The molecule has 0 spiro atoms. The molecule has 0 aromatic carbocycles. The lowest BCUT2D eigenvalue weighted by molar-refractivity contribution is -0.302. The van der Waals surface area contributed by atoms with Gasteiger partial charge in [0.15, 0.2) is 6.29 Å². The first-order valence-electron chi connectivity index (χ1n) is 7.34. The molecule has 8 heteroatoms. The molecule has 0 radical (unpaired) electrons. The minimum absolute atomic E-state index is 0.0305. The van der Waals surface area contributed by atoms with Crippen LogP contribution in [0.15, 0.2) is 0 Å². The van der Waals surface area contributed by atoms with Gasteiger partial charge in [-0.25, -0.2) is 0 Å². The number of hydrogen-bond donors (Lipinski definition) is 4.